The highest BCUT2D eigenvalue weighted by Crippen LogP contribution is 2.36. The first-order chi connectivity index (χ1) is 12.9. The Kier molecular flexibility index (Phi) is 5.29. The molecule has 1 aliphatic heterocycles. The van der Waals surface area contributed by atoms with Gasteiger partial charge in [0.15, 0.2) is 11.5 Å². The molecule has 0 saturated carbocycles. The fourth-order valence-electron chi connectivity index (χ4n) is 2.94. The number of benzene rings is 2. The van der Waals surface area contributed by atoms with Crippen molar-refractivity contribution in [2.75, 3.05) is 27.6 Å². The third-order valence-corrected chi connectivity index (χ3v) is 5.35. The van der Waals surface area contributed by atoms with Crippen molar-refractivity contribution in [3.8, 4) is 17.2 Å². The zero-order valence-corrected chi connectivity index (χ0v) is 16.4. The van der Waals surface area contributed by atoms with Crippen molar-refractivity contribution in [3.05, 3.63) is 59.7 Å². The molecule has 0 aliphatic carbocycles. The van der Waals surface area contributed by atoms with Gasteiger partial charge in [0.1, 0.15) is 5.75 Å². The lowest BCUT2D eigenvalue weighted by molar-refractivity contribution is 0.349. The number of hydrazine groups is 1. The molecule has 0 saturated heterocycles. The van der Waals surface area contributed by atoms with Crippen LogP contribution in [-0.4, -0.2) is 40.4 Å². The van der Waals surface area contributed by atoms with Crippen molar-refractivity contribution in [1.29, 1.82) is 0 Å². The molecule has 0 unspecified atom stereocenters. The predicted molar refractivity (Wildman–Crippen MR) is 103 cm³/mol. The van der Waals surface area contributed by atoms with Crippen LogP contribution in [0.15, 0.2) is 48.5 Å². The van der Waals surface area contributed by atoms with Crippen LogP contribution in [0, 0.1) is 0 Å². The number of nitrogens with zero attached hydrogens (tertiary/aromatic N) is 1. The van der Waals surface area contributed by atoms with Gasteiger partial charge in [0.25, 0.3) is 0 Å². The molecule has 7 nitrogen and oxygen atoms in total. The van der Waals surface area contributed by atoms with E-state index < -0.39 is 16.1 Å². The van der Waals surface area contributed by atoms with Crippen molar-refractivity contribution < 1.29 is 22.6 Å². The van der Waals surface area contributed by atoms with Crippen molar-refractivity contribution in [1.82, 2.24) is 9.84 Å². The topological polar surface area (TPSA) is 77.1 Å². The van der Waals surface area contributed by atoms with Gasteiger partial charge in [0, 0.05) is 5.56 Å². The summed E-state index contributed by atoms with van der Waals surface area (Å²) in [5, 5.41) is 0. The Morgan fingerprint density at radius 2 is 1.59 bits per heavy atom. The third kappa shape index (κ3) is 3.86. The quantitative estimate of drug-likeness (QED) is 0.817. The standard InChI is InChI=1S/C19H22N2O5S/c1-24-15-8-5-13(6-9-15)17-12-16(20-21(17)27(4,22)23)14-7-10-18(25-2)19(11-14)26-3/h5-12,17,20H,1-4H3/t17-/m0/s1. The van der Waals surface area contributed by atoms with E-state index in [1.54, 1.807) is 45.6 Å². The third-order valence-electron chi connectivity index (χ3n) is 4.32. The summed E-state index contributed by atoms with van der Waals surface area (Å²) in [6.45, 7) is 0. The Morgan fingerprint density at radius 1 is 0.926 bits per heavy atom. The molecule has 3 rings (SSSR count). The fraction of sp³-hybridized carbons (Fsp3) is 0.263. The molecule has 0 spiro atoms. The van der Waals surface area contributed by atoms with Gasteiger partial charge in [-0.1, -0.05) is 12.1 Å². The Balaban J connectivity index is 2.01. The van der Waals surface area contributed by atoms with Crippen LogP contribution in [0.25, 0.3) is 5.70 Å². The maximum absolute atomic E-state index is 12.3. The minimum Gasteiger partial charge on any atom is -0.497 e. The van der Waals surface area contributed by atoms with Gasteiger partial charge in [-0.05, 0) is 42.0 Å². The lowest BCUT2D eigenvalue weighted by atomic mass is 10.0. The summed E-state index contributed by atoms with van der Waals surface area (Å²) in [6.07, 6.45) is 3.03. The number of hydrogen-bond donors (Lipinski definition) is 1. The van der Waals surface area contributed by atoms with Crippen LogP contribution in [0.1, 0.15) is 17.2 Å². The number of rotatable bonds is 6. The summed E-state index contributed by atoms with van der Waals surface area (Å²) in [7, 11) is 1.21. The van der Waals surface area contributed by atoms with E-state index in [2.05, 4.69) is 5.43 Å². The Bertz CT molecular complexity index is 955. The lowest BCUT2D eigenvalue weighted by Crippen LogP contribution is -2.38. The number of ether oxygens (including phenoxy) is 3. The number of nitrogens with one attached hydrogen (secondary N) is 1. The molecule has 2 aromatic carbocycles. The van der Waals surface area contributed by atoms with Crippen LogP contribution in [0.2, 0.25) is 0 Å². The van der Waals surface area contributed by atoms with E-state index in [9.17, 15) is 8.42 Å². The Hall–Kier alpha value is -2.71. The van der Waals surface area contributed by atoms with E-state index in [-0.39, 0.29) is 0 Å². The summed E-state index contributed by atoms with van der Waals surface area (Å²) in [5.41, 5.74) is 5.27. The van der Waals surface area contributed by atoms with E-state index in [1.165, 1.54) is 10.7 Å². The molecule has 0 aromatic heterocycles. The van der Waals surface area contributed by atoms with E-state index in [0.29, 0.717) is 22.9 Å². The maximum Gasteiger partial charge on any atom is 0.228 e. The molecule has 0 amide bonds. The minimum absolute atomic E-state index is 0.478. The van der Waals surface area contributed by atoms with Crippen molar-refractivity contribution in [3.63, 3.8) is 0 Å². The second-order valence-corrected chi connectivity index (χ2v) is 7.90. The van der Waals surface area contributed by atoms with Gasteiger partial charge in [-0.3, -0.25) is 0 Å². The summed E-state index contributed by atoms with van der Waals surface area (Å²) >= 11 is 0. The summed E-state index contributed by atoms with van der Waals surface area (Å²) in [4.78, 5) is 0. The van der Waals surface area contributed by atoms with Crippen LogP contribution < -0.4 is 19.6 Å². The second-order valence-electron chi connectivity index (χ2n) is 6.04. The molecule has 2 aromatic rings. The zero-order chi connectivity index (χ0) is 19.6. The fourth-order valence-corrected chi connectivity index (χ4v) is 3.80. The van der Waals surface area contributed by atoms with Crippen LogP contribution in [0.3, 0.4) is 0 Å². The van der Waals surface area contributed by atoms with Crippen molar-refractivity contribution in [2.45, 2.75) is 6.04 Å². The second kappa shape index (κ2) is 7.50. The van der Waals surface area contributed by atoms with Crippen LogP contribution in [-0.2, 0) is 10.0 Å². The molecule has 144 valence electrons. The molecule has 1 N–H and O–H groups in total. The van der Waals surface area contributed by atoms with Gasteiger partial charge in [0.2, 0.25) is 10.0 Å². The molecule has 1 atom stereocenters. The number of methoxy groups -OCH3 is 3. The summed E-state index contributed by atoms with van der Waals surface area (Å²) in [5.74, 6) is 1.88. The van der Waals surface area contributed by atoms with Crippen molar-refractivity contribution >= 4 is 15.7 Å². The number of sulfonamides is 1. The summed E-state index contributed by atoms with van der Waals surface area (Å²) in [6, 6.07) is 12.2. The first-order valence-electron chi connectivity index (χ1n) is 8.21. The molecule has 0 bridgehead atoms. The van der Waals surface area contributed by atoms with E-state index >= 15 is 0 Å². The molecular weight excluding hydrogens is 368 g/mol. The Morgan fingerprint density at radius 3 is 2.15 bits per heavy atom. The SMILES string of the molecule is COc1ccc([C@@H]2C=C(c3ccc(OC)c(OC)c3)NN2S(C)(=O)=O)cc1. The maximum atomic E-state index is 12.3. The van der Waals surface area contributed by atoms with Gasteiger partial charge in [-0.25, -0.2) is 8.42 Å². The van der Waals surface area contributed by atoms with Crippen LogP contribution in [0.5, 0.6) is 17.2 Å². The van der Waals surface area contributed by atoms with Gasteiger partial charge >= 0.3 is 0 Å². The highest BCUT2D eigenvalue weighted by Gasteiger charge is 2.33. The van der Waals surface area contributed by atoms with Crippen molar-refractivity contribution in [2.24, 2.45) is 0 Å². The Labute approximate surface area is 159 Å². The van der Waals surface area contributed by atoms with E-state index in [1.807, 2.05) is 24.3 Å². The minimum atomic E-state index is -3.50. The molecule has 1 heterocycles. The van der Waals surface area contributed by atoms with Gasteiger partial charge in [-0.2, -0.15) is 0 Å². The predicted octanol–water partition coefficient (Wildman–Crippen LogP) is 2.57. The lowest BCUT2D eigenvalue weighted by Gasteiger charge is -2.23. The van der Waals surface area contributed by atoms with Crippen LogP contribution >= 0.6 is 0 Å². The van der Waals surface area contributed by atoms with Gasteiger partial charge in [-0.15, -0.1) is 4.41 Å². The molecular formula is C19H22N2O5S. The molecule has 0 radical (unpaired) electrons. The highest BCUT2D eigenvalue weighted by molar-refractivity contribution is 7.88. The zero-order valence-electron chi connectivity index (χ0n) is 15.6. The number of hydrogen-bond acceptors (Lipinski definition) is 6. The normalized spacial score (nSPS) is 17.2. The molecule has 27 heavy (non-hydrogen) atoms. The first kappa shape index (κ1) is 19.1. The molecule has 1 aliphatic rings. The van der Waals surface area contributed by atoms with E-state index in [0.717, 1.165) is 11.1 Å². The highest BCUT2D eigenvalue weighted by atomic mass is 32.2. The smallest absolute Gasteiger partial charge is 0.228 e. The van der Waals surface area contributed by atoms with Crippen LogP contribution in [0.4, 0.5) is 0 Å². The molecule has 0 fully saturated rings. The summed E-state index contributed by atoms with van der Waals surface area (Å²) < 4.78 is 41.6. The van der Waals surface area contributed by atoms with Gasteiger partial charge < -0.3 is 19.6 Å². The van der Waals surface area contributed by atoms with E-state index in [4.69, 9.17) is 14.2 Å². The monoisotopic (exact) mass is 390 g/mol. The molecule has 8 heteroatoms. The average Bonchev–Trinajstić information content (AvgIpc) is 3.13. The van der Waals surface area contributed by atoms with Gasteiger partial charge in [0.05, 0.1) is 39.3 Å². The average molecular weight is 390 g/mol. The largest absolute Gasteiger partial charge is 0.497 e. The first-order valence-corrected chi connectivity index (χ1v) is 10.1.